The molecule has 1 aliphatic heterocycles. The number of carbonyl (C=O) groups excluding carboxylic acids is 1. The third kappa shape index (κ3) is 3.81. The summed E-state index contributed by atoms with van der Waals surface area (Å²) in [6.45, 7) is 4.10. The van der Waals surface area contributed by atoms with E-state index in [4.69, 9.17) is 18.9 Å². The van der Waals surface area contributed by atoms with Crippen LogP contribution >= 0.6 is 0 Å². The summed E-state index contributed by atoms with van der Waals surface area (Å²) in [6.07, 6.45) is 1.73. The first-order valence-corrected chi connectivity index (χ1v) is 8.70. The van der Waals surface area contributed by atoms with Crippen LogP contribution in [0.1, 0.15) is 27.0 Å². The van der Waals surface area contributed by atoms with Gasteiger partial charge in [-0.1, -0.05) is 18.7 Å². The molecular weight excluding hydrogens is 362 g/mol. The van der Waals surface area contributed by atoms with Gasteiger partial charge in [-0.15, -0.1) is 0 Å². The largest absolute Gasteiger partial charge is 0.493 e. The first-order valence-electron chi connectivity index (χ1n) is 8.70. The number of rotatable bonds is 8. The van der Waals surface area contributed by atoms with Crippen LogP contribution in [-0.4, -0.2) is 44.1 Å². The van der Waals surface area contributed by atoms with E-state index in [9.17, 15) is 10.0 Å². The molecule has 2 aromatic carbocycles. The van der Waals surface area contributed by atoms with Gasteiger partial charge in [0.1, 0.15) is 0 Å². The molecule has 0 bridgehead atoms. The van der Waals surface area contributed by atoms with Crippen molar-refractivity contribution in [2.24, 2.45) is 0 Å². The summed E-state index contributed by atoms with van der Waals surface area (Å²) in [4.78, 5) is 13.1. The molecule has 7 nitrogen and oxygen atoms in total. The number of benzene rings is 2. The van der Waals surface area contributed by atoms with E-state index in [0.717, 1.165) is 10.6 Å². The second kappa shape index (κ2) is 8.33. The van der Waals surface area contributed by atoms with Crippen LogP contribution < -0.4 is 18.9 Å². The first-order chi connectivity index (χ1) is 13.5. The maximum absolute atomic E-state index is 13.1. The van der Waals surface area contributed by atoms with E-state index in [1.807, 2.05) is 0 Å². The average Bonchev–Trinajstić information content (AvgIpc) is 3.14. The molecule has 2 aromatic rings. The molecule has 0 fully saturated rings. The minimum absolute atomic E-state index is 0.109. The monoisotopic (exact) mass is 385 g/mol. The Bertz CT molecular complexity index is 906. The van der Waals surface area contributed by atoms with Crippen molar-refractivity contribution in [2.75, 3.05) is 28.1 Å². The first kappa shape index (κ1) is 19.7. The van der Waals surface area contributed by atoms with Gasteiger partial charge in [0.2, 0.25) is 6.79 Å². The smallest absolute Gasteiger partial charge is 0.231 e. The zero-order valence-electron chi connectivity index (χ0n) is 16.2. The van der Waals surface area contributed by atoms with Gasteiger partial charge in [-0.05, 0) is 29.3 Å². The Hall–Kier alpha value is -3.03. The summed E-state index contributed by atoms with van der Waals surface area (Å²) in [5, 5.41) is 10.8. The van der Waals surface area contributed by atoms with E-state index in [0.29, 0.717) is 39.7 Å². The van der Waals surface area contributed by atoms with Gasteiger partial charge in [0.15, 0.2) is 28.8 Å². The fraction of sp³-hybridized carbons (Fsp3) is 0.286. The number of hydrogen-bond donors (Lipinski definition) is 1. The highest BCUT2D eigenvalue weighted by atomic mass is 16.7. The molecule has 0 saturated carbocycles. The third-order valence-corrected chi connectivity index (χ3v) is 4.55. The maximum atomic E-state index is 13.1. The van der Waals surface area contributed by atoms with Crippen molar-refractivity contribution in [3.8, 4) is 23.0 Å². The predicted molar refractivity (Wildman–Crippen MR) is 103 cm³/mol. The Kier molecular flexibility index (Phi) is 5.87. The lowest BCUT2D eigenvalue weighted by Gasteiger charge is -2.19. The topological polar surface area (TPSA) is 77.5 Å². The Morgan fingerprint density at radius 3 is 2.57 bits per heavy atom. The molecule has 3 rings (SSSR count). The van der Waals surface area contributed by atoms with Crippen molar-refractivity contribution in [1.29, 1.82) is 0 Å². The number of ketones is 1. The molecular formula is C21H23NO6. The summed E-state index contributed by atoms with van der Waals surface area (Å²) in [6, 6.07) is 6.98. The quantitative estimate of drug-likeness (QED) is 0.552. The Balaban J connectivity index is 1.99. The summed E-state index contributed by atoms with van der Waals surface area (Å²) in [5.74, 6) is 2.05. The second-order valence-electron chi connectivity index (χ2n) is 6.35. The van der Waals surface area contributed by atoms with E-state index < -0.39 is 0 Å². The van der Waals surface area contributed by atoms with E-state index in [1.165, 1.54) is 21.3 Å². The lowest BCUT2D eigenvalue weighted by atomic mass is 9.94. The number of methoxy groups -OCH3 is 2. The van der Waals surface area contributed by atoms with E-state index in [1.54, 1.807) is 30.3 Å². The SMILES string of the molecule is C=Cc1cc2c(cc1C(=O)Cc1ccc(OC)c(OC)c1CN(C)O)OCO2. The lowest BCUT2D eigenvalue weighted by Crippen LogP contribution is -2.16. The minimum atomic E-state index is -0.109. The van der Waals surface area contributed by atoms with Crippen molar-refractivity contribution in [3.05, 3.63) is 53.1 Å². The molecule has 1 aliphatic rings. The lowest BCUT2D eigenvalue weighted by molar-refractivity contribution is -0.0737. The molecule has 7 heteroatoms. The molecule has 0 radical (unpaired) electrons. The molecule has 0 saturated heterocycles. The molecule has 148 valence electrons. The molecule has 28 heavy (non-hydrogen) atoms. The fourth-order valence-corrected chi connectivity index (χ4v) is 3.24. The Morgan fingerprint density at radius 2 is 1.96 bits per heavy atom. The zero-order chi connectivity index (χ0) is 20.3. The zero-order valence-corrected chi connectivity index (χ0v) is 16.2. The Morgan fingerprint density at radius 1 is 1.25 bits per heavy atom. The van der Waals surface area contributed by atoms with Crippen LogP contribution in [0, 0.1) is 0 Å². The van der Waals surface area contributed by atoms with Crippen LogP contribution in [0.15, 0.2) is 30.8 Å². The molecule has 1 heterocycles. The van der Waals surface area contributed by atoms with Crippen molar-refractivity contribution in [3.63, 3.8) is 0 Å². The average molecular weight is 385 g/mol. The highest BCUT2D eigenvalue weighted by Crippen LogP contribution is 2.37. The normalized spacial score (nSPS) is 12.2. The van der Waals surface area contributed by atoms with Crippen molar-refractivity contribution >= 4 is 11.9 Å². The van der Waals surface area contributed by atoms with Crippen LogP contribution in [0.5, 0.6) is 23.0 Å². The number of nitrogens with zero attached hydrogens (tertiary/aromatic N) is 1. The number of Topliss-reactive ketones (excluding diaryl/α,β-unsaturated/α-hetero) is 1. The fourth-order valence-electron chi connectivity index (χ4n) is 3.24. The predicted octanol–water partition coefficient (Wildman–Crippen LogP) is 3.32. The Labute approximate surface area is 163 Å². The van der Waals surface area contributed by atoms with E-state index >= 15 is 0 Å². The van der Waals surface area contributed by atoms with Crippen molar-refractivity contribution in [2.45, 2.75) is 13.0 Å². The highest BCUT2D eigenvalue weighted by Gasteiger charge is 2.22. The number of fused-ring (bicyclic) bond motifs is 1. The van der Waals surface area contributed by atoms with Crippen molar-refractivity contribution in [1.82, 2.24) is 5.06 Å². The third-order valence-electron chi connectivity index (χ3n) is 4.55. The van der Waals surface area contributed by atoms with Gasteiger partial charge < -0.3 is 24.2 Å². The molecule has 0 aromatic heterocycles. The number of hydroxylamine groups is 2. The minimum Gasteiger partial charge on any atom is -0.493 e. The molecule has 1 N–H and O–H groups in total. The van der Waals surface area contributed by atoms with Crippen molar-refractivity contribution < 1.29 is 28.9 Å². The summed E-state index contributed by atoms with van der Waals surface area (Å²) >= 11 is 0. The van der Waals surface area contributed by atoms with Gasteiger partial charge in [0.25, 0.3) is 0 Å². The van der Waals surface area contributed by atoms with Crippen LogP contribution in [0.2, 0.25) is 0 Å². The van der Waals surface area contributed by atoms with Gasteiger partial charge in [0, 0.05) is 24.6 Å². The molecule has 0 atom stereocenters. The van der Waals surface area contributed by atoms with Gasteiger partial charge in [-0.2, -0.15) is 5.06 Å². The number of hydrogen-bond acceptors (Lipinski definition) is 7. The van der Waals surface area contributed by atoms with E-state index in [2.05, 4.69) is 6.58 Å². The summed E-state index contributed by atoms with van der Waals surface area (Å²) in [5.41, 5.74) is 2.59. The standard InChI is InChI=1S/C21H23NO6/c1-5-13-9-19-20(28-12-27-19)10-15(13)17(23)8-14-6-7-18(25-3)21(26-4)16(14)11-22(2)24/h5-7,9-10,24H,1,8,11-12H2,2-4H3. The summed E-state index contributed by atoms with van der Waals surface area (Å²) in [7, 11) is 4.59. The van der Waals surface area contributed by atoms with Crippen LogP contribution in [-0.2, 0) is 13.0 Å². The summed E-state index contributed by atoms with van der Waals surface area (Å²) < 4.78 is 21.6. The molecule has 0 unspecified atom stereocenters. The second-order valence-corrected chi connectivity index (χ2v) is 6.35. The van der Waals surface area contributed by atoms with Gasteiger partial charge >= 0.3 is 0 Å². The maximum Gasteiger partial charge on any atom is 0.231 e. The molecule has 0 amide bonds. The van der Waals surface area contributed by atoms with Gasteiger partial charge in [0.05, 0.1) is 20.8 Å². The van der Waals surface area contributed by atoms with Crippen LogP contribution in [0.25, 0.3) is 6.08 Å². The van der Waals surface area contributed by atoms with Gasteiger partial charge in [-0.25, -0.2) is 0 Å². The van der Waals surface area contributed by atoms with Crippen LogP contribution in [0.3, 0.4) is 0 Å². The van der Waals surface area contributed by atoms with E-state index in [-0.39, 0.29) is 25.5 Å². The number of ether oxygens (including phenoxy) is 4. The molecule has 0 spiro atoms. The van der Waals surface area contributed by atoms with Gasteiger partial charge in [-0.3, -0.25) is 4.79 Å². The van der Waals surface area contributed by atoms with Crippen LogP contribution in [0.4, 0.5) is 0 Å². The highest BCUT2D eigenvalue weighted by molar-refractivity contribution is 6.01. The molecule has 0 aliphatic carbocycles. The number of carbonyl (C=O) groups is 1.